The Morgan fingerprint density at radius 3 is 3.07 bits per heavy atom. The molecule has 0 saturated carbocycles. The molecule has 3 rings (SSSR count). The molecule has 0 radical (unpaired) electrons. The molecule has 0 aliphatic rings. The van der Waals surface area contributed by atoms with Crippen LogP contribution in [0.2, 0.25) is 0 Å². The summed E-state index contributed by atoms with van der Waals surface area (Å²) >= 11 is 1.67. The van der Waals surface area contributed by atoms with Crippen LogP contribution in [0.1, 0.15) is 0 Å². The van der Waals surface area contributed by atoms with Crippen molar-refractivity contribution in [2.24, 2.45) is 0 Å². The van der Waals surface area contributed by atoms with Crippen LogP contribution in [0.4, 0.5) is 0 Å². The smallest absolute Gasteiger partial charge is 0.219 e. The molecule has 0 N–H and O–H groups in total. The molecule has 3 heterocycles. The van der Waals surface area contributed by atoms with Gasteiger partial charge in [-0.3, -0.25) is 0 Å². The van der Waals surface area contributed by atoms with Crippen LogP contribution < -0.4 is 0 Å². The zero-order valence-corrected chi connectivity index (χ0v) is 7.98. The van der Waals surface area contributed by atoms with Crippen LogP contribution in [0, 0.1) is 0 Å². The van der Waals surface area contributed by atoms with E-state index in [1.165, 1.54) is 11.9 Å². The van der Waals surface area contributed by atoms with Gasteiger partial charge in [0.25, 0.3) is 5.78 Å². The summed E-state index contributed by atoms with van der Waals surface area (Å²) in [5, 5.41) is 8.16. The van der Waals surface area contributed by atoms with Gasteiger partial charge in [0, 0.05) is 18.0 Å². The maximum Gasteiger partial charge on any atom is 0.252 e. The maximum atomic E-state index is 4.19. The number of thiophene rings is 1. The lowest BCUT2D eigenvalue weighted by Gasteiger charge is -1.96. The van der Waals surface area contributed by atoms with Gasteiger partial charge in [0.2, 0.25) is 0 Å². The predicted molar refractivity (Wildman–Crippen MR) is 54.1 cm³/mol. The molecule has 3 aromatic rings. The van der Waals surface area contributed by atoms with E-state index in [0.717, 1.165) is 5.56 Å². The number of aromatic nitrogens is 4. The van der Waals surface area contributed by atoms with E-state index in [1.54, 1.807) is 15.9 Å². The molecular formula is C9H6N4S. The first-order valence-electron chi connectivity index (χ1n) is 4.11. The number of hydrogen-bond donors (Lipinski definition) is 0. The van der Waals surface area contributed by atoms with E-state index >= 15 is 0 Å². The van der Waals surface area contributed by atoms with Gasteiger partial charge in [0.1, 0.15) is 6.33 Å². The number of hydrogen-bond acceptors (Lipinski definition) is 4. The molecule has 0 bridgehead atoms. The van der Waals surface area contributed by atoms with Crippen LogP contribution in [0.5, 0.6) is 0 Å². The Kier molecular flexibility index (Phi) is 1.57. The summed E-state index contributed by atoms with van der Waals surface area (Å²) < 4.78 is 1.67. The van der Waals surface area contributed by atoms with Crippen LogP contribution in [0.15, 0.2) is 35.5 Å². The van der Waals surface area contributed by atoms with Gasteiger partial charge in [-0.25, -0.2) is 9.50 Å². The van der Waals surface area contributed by atoms with Crippen molar-refractivity contribution in [3.8, 4) is 11.1 Å². The zero-order valence-electron chi connectivity index (χ0n) is 7.16. The Balaban J connectivity index is 2.23. The predicted octanol–water partition coefficient (Wildman–Crippen LogP) is 1.85. The number of rotatable bonds is 1. The van der Waals surface area contributed by atoms with Crippen LogP contribution >= 0.6 is 11.3 Å². The van der Waals surface area contributed by atoms with E-state index in [2.05, 4.69) is 26.5 Å². The standard InChI is InChI=1S/C9H6N4S/c1-2-14-5-7(1)8-3-10-9-11-6-12-13(9)4-8/h1-6H. The van der Waals surface area contributed by atoms with Crippen molar-refractivity contribution in [1.29, 1.82) is 0 Å². The third-order valence-corrected chi connectivity index (χ3v) is 2.67. The average Bonchev–Trinajstić information content (AvgIpc) is 2.88. The van der Waals surface area contributed by atoms with E-state index in [0.29, 0.717) is 5.78 Å². The van der Waals surface area contributed by atoms with E-state index < -0.39 is 0 Å². The summed E-state index contributed by atoms with van der Waals surface area (Å²) in [6, 6.07) is 2.06. The van der Waals surface area contributed by atoms with Gasteiger partial charge in [-0.1, -0.05) is 0 Å². The summed E-state index contributed by atoms with van der Waals surface area (Å²) in [5.41, 5.74) is 2.23. The second kappa shape index (κ2) is 2.88. The van der Waals surface area contributed by atoms with E-state index in [-0.39, 0.29) is 0 Å². The minimum absolute atomic E-state index is 0.629. The minimum atomic E-state index is 0.629. The highest BCUT2D eigenvalue weighted by Gasteiger charge is 2.01. The van der Waals surface area contributed by atoms with Gasteiger partial charge in [-0.2, -0.15) is 21.4 Å². The first kappa shape index (κ1) is 7.64. The second-order valence-corrected chi connectivity index (χ2v) is 3.64. The molecule has 0 unspecified atom stereocenters. The summed E-state index contributed by atoms with van der Waals surface area (Å²) in [7, 11) is 0. The lowest BCUT2D eigenvalue weighted by atomic mass is 10.2. The van der Waals surface area contributed by atoms with Crippen molar-refractivity contribution in [1.82, 2.24) is 19.6 Å². The van der Waals surface area contributed by atoms with Gasteiger partial charge >= 0.3 is 0 Å². The summed E-state index contributed by atoms with van der Waals surface area (Å²) in [6.07, 6.45) is 5.24. The highest BCUT2D eigenvalue weighted by Crippen LogP contribution is 2.20. The van der Waals surface area contributed by atoms with Crippen molar-refractivity contribution in [2.45, 2.75) is 0 Å². The molecule has 0 aromatic carbocycles. The molecule has 3 aromatic heterocycles. The molecule has 4 nitrogen and oxygen atoms in total. The SMILES string of the molecule is c1nc2ncc(-c3ccsc3)cn2n1. The summed E-state index contributed by atoms with van der Waals surface area (Å²) in [4.78, 5) is 8.18. The molecule has 5 heteroatoms. The molecule has 68 valence electrons. The highest BCUT2D eigenvalue weighted by molar-refractivity contribution is 7.08. The fourth-order valence-electron chi connectivity index (χ4n) is 1.30. The topological polar surface area (TPSA) is 43.1 Å². The molecule has 14 heavy (non-hydrogen) atoms. The Hall–Kier alpha value is -1.75. The molecule has 0 aliphatic carbocycles. The Labute approximate surface area is 83.9 Å². The molecule has 0 aliphatic heterocycles. The first-order chi connectivity index (χ1) is 6.93. The van der Waals surface area contributed by atoms with Gasteiger partial charge in [0.05, 0.1) is 0 Å². The van der Waals surface area contributed by atoms with E-state index in [4.69, 9.17) is 0 Å². The second-order valence-electron chi connectivity index (χ2n) is 2.86. The van der Waals surface area contributed by atoms with E-state index in [9.17, 15) is 0 Å². The molecule has 0 saturated heterocycles. The minimum Gasteiger partial charge on any atom is -0.219 e. The molecule has 0 atom stereocenters. The lowest BCUT2D eigenvalue weighted by molar-refractivity contribution is 0.941. The van der Waals surface area contributed by atoms with Crippen LogP contribution in [-0.2, 0) is 0 Å². The molecule has 0 amide bonds. The van der Waals surface area contributed by atoms with Crippen LogP contribution in [-0.4, -0.2) is 19.6 Å². The Morgan fingerprint density at radius 2 is 2.21 bits per heavy atom. The zero-order chi connectivity index (χ0) is 9.38. The molecular weight excluding hydrogens is 196 g/mol. The Bertz CT molecular complexity index is 555. The quantitative estimate of drug-likeness (QED) is 0.604. The summed E-state index contributed by atoms with van der Waals surface area (Å²) in [5.74, 6) is 0.629. The van der Waals surface area contributed by atoms with Gasteiger partial charge in [-0.15, -0.1) is 0 Å². The van der Waals surface area contributed by atoms with Crippen LogP contribution in [0.25, 0.3) is 16.9 Å². The van der Waals surface area contributed by atoms with Crippen molar-refractivity contribution in [3.63, 3.8) is 0 Å². The fourth-order valence-corrected chi connectivity index (χ4v) is 1.96. The Morgan fingerprint density at radius 1 is 1.21 bits per heavy atom. The number of fused-ring (bicyclic) bond motifs is 1. The summed E-state index contributed by atoms with van der Waals surface area (Å²) in [6.45, 7) is 0. The van der Waals surface area contributed by atoms with Gasteiger partial charge < -0.3 is 0 Å². The molecule has 0 spiro atoms. The normalized spacial score (nSPS) is 10.9. The number of nitrogens with zero attached hydrogens (tertiary/aromatic N) is 4. The van der Waals surface area contributed by atoms with Crippen molar-refractivity contribution < 1.29 is 0 Å². The largest absolute Gasteiger partial charge is 0.252 e. The average molecular weight is 202 g/mol. The molecule has 0 fully saturated rings. The first-order valence-corrected chi connectivity index (χ1v) is 5.06. The highest BCUT2D eigenvalue weighted by atomic mass is 32.1. The van der Waals surface area contributed by atoms with Crippen LogP contribution in [0.3, 0.4) is 0 Å². The maximum absolute atomic E-state index is 4.19. The van der Waals surface area contributed by atoms with Gasteiger partial charge in [-0.05, 0) is 22.4 Å². The van der Waals surface area contributed by atoms with Crippen molar-refractivity contribution >= 4 is 17.1 Å². The van der Waals surface area contributed by atoms with Gasteiger partial charge in [0.15, 0.2) is 0 Å². The fraction of sp³-hybridized carbons (Fsp3) is 0. The third kappa shape index (κ3) is 1.10. The lowest BCUT2D eigenvalue weighted by Crippen LogP contribution is -1.90. The van der Waals surface area contributed by atoms with Crippen molar-refractivity contribution in [3.05, 3.63) is 35.5 Å². The van der Waals surface area contributed by atoms with E-state index in [1.807, 2.05) is 17.8 Å². The van der Waals surface area contributed by atoms with Crippen molar-refractivity contribution in [2.75, 3.05) is 0 Å². The third-order valence-electron chi connectivity index (χ3n) is 1.99. The monoisotopic (exact) mass is 202 g/mol.